The summed E-state index contributed by atoms with van der Waals surface area (Å²) in [4.78, 5) is 0. The highest BCUT2D eigenvalue weighted by Crippen LogP contribution is 2.08. The smallest absolute Gasteiger partial charge is 0.180 e. The fourth-order valence-corrected chi connectivity index (χ4v) is 1.23. The average Bonchev–Trinajstić information content (AvgIpc) is 2.65. The van der Waals surface area contributed by atoms with Gasteiger partial charge >= 0.3 is 0 Å². The molecule has 5 heteroatoms. The van der Waals surface area contributed by atoms with Crippen LogP contribution in [0.3, 0.4) is 0 Å². The van der Waals surface area contributed by atoms with Crippen LogP contribution in [0.2, 0.25) is 0 Å². The number of hydrogen-bond donors (Lipinski definition) is 1. The molecule has 2 aromatic heterocycles. The molecule has 0 saturated carbocycles. The molecule has 0 aliphatic rings. The van der Waals surface area contributed by atoms with E-state index in [0.717, 1.165) is 11.1 Å². The van der Waals surface area contributed by atoms with E-state index in [9.17, 15) is 0 Å². The summed E-state index contributed by atoms with van der Waals surface area (Å²) >= 11 is 0. The number of nitrogens with zero attached hydrogens (tertiary/aromatic N) is 4. The first kappa shape index (κ1) is 8.83. The monoisotopic (exact) mass is 189 g/mol. The third-order valence-electron chi connectivity index (χ3n) is 1.93. The van der Waals surface area contributed by atoms with Crippen LogP contribution in [-0.4, -0.2) is 20.0 Å². The Kier molecular flexibility index (Phi) is 2.24. The summed E-state index contributed by atoms with van der Waals surface area (Å²) < 4.78 is 1.69. The second kappa shape index (κ2) is 3.55. The van der Waals surface area contributed by atoms with Gasteiger partial charge in [0.05, 0.1) is 12.4 Å². The van der Waals surface area contributed by atoms with Gasteiger partial charge in [-0.25, -0.2) is 4.68 Å². The summed E-state index contributed by atoms with van der Waals surface area (Å²) in [5, 5.41) is 12.0. The van der Waals surface area contributed by atoms with Crippen molar-refractivity contribution < 1.29 is 0 Å². The fraction of sp³-hybridized carbons (Fsp3) is 0.222. The third-order valence-corrected chi connectivity index (χ3v) is 1.93. The molecule has 72 valence electrons. The SMILES string of the molecule is Cc1cnn(-c2nnccc2CN)c1. The summed E-state index contributed by atoms with van der Waals surface area (Å²) in [6.07, 6.45) is 5.29. The highest BCUT2D eigenvalue weighted by molar-refractivity contribution is 5.31. The summed E-state index contributed by atoms with van der Waals surface area (Å²) in [7, 11) is 0. The number of hydrogen-bond acceptors (Lipinski definition) is 4. The first-order chi connectivity index (χ1) is 6.81. The molecule has 2 N–H and O–H groups in total. The predicted octanol–water partition coefficient (Wildman–Crippen LogP) is 0.429. The largest absolute Gasteiger partial charge is 0.326 e. The lowest BCUT2D eigenvalue weighted by molar-refractivity contribution is 0.791. The zero-order chi connectivity index (χ0) is 9.97. The summed E-state index contributed by atoms with van der Waals surface area (Å²) in [6.45, 7) is 2.41. The number of rotatable bonds is 2. The van der Waals surface area contributed by atoms with Crippen LogP contribution in [0.15, 0.2) is 24.7 Å². The first-order valence-corrected chi connectivity index (χ1v) is 4.33. The van der Waals surface area contributed by atoms with E-state index in [-0.39, 0.29) is 0 Å². The maximum atomic E-state index is 5.59. The van der Waals surface area contributed by atoms with Crippen molar-refractivity contribution in [2.45, 2.75) is 13.5 Å². The quantitative estimate of drug-likeness (QED) is 0.743. The first-order valence-electron chi connectivity index (χ1n) is 4.33. The molecule has 2 heterocycles. The number of aromatic nitrogens is 4. The molecule has 0 aliphatic heterocycles. The van der Waals surface area contributed by atoms with Gasteiger partial charge in [-0.15, -0.1) is 5.10 Å². The van der Waals surface area contributed by atoms with E-state index in [1.54, 1.807) is 17.1 Å². The zero-order valence-corrected chi connectivity index (χ0v) is 7.88. The van der Waals surface area contributed by atoms with E-state index in [1.165, 1.54) is 0 Å². The van der Waals surface area contributed by atoms with E-state index >= 15 is 0 Å². The Morgan fingerprint density at radius 2 is 2.36 bits per heavy atom. The number of nitrogens with two attached hydrogens (primary N) is 1. The van der Waals surface area contributed by atoms with Crippen LogP contribution in [0.5, 0.6) is 0 Å². The molecule has 2 rings (SSSR count). The molecule has 0 aromatic carbocycles. The summed E-state index contributed by atoms with van der Waals surface area (Å²) in [5.74, 6) is 0.697. The van der Waals surface area contributed by atoms with Crippen LogP contribution in [0.4, 0.5) is 0 Å². The Bertz CT molecular complexity index is 434. The lowest BCUT2D eigenvalue weighted by Crippen LogP contribution is -2.07. The molecular formula is C9H11N5. The van der Waals surface area contributed by atoms with E-state index in [4.69, 9.17) is 5.73 Å². The minimum absolute atomic E-state index is 0.434. The van der Waals surface area contributed by atoms with Gasteiger partial charge in [0.1, 0.15) is 0 Å². The Labute approximate surface area is 81.6 Å². The molecule has 0 aliphatic carbocycles. The van der Waals surface area contributed by atoms with E-state index in [0.29, 0.717) is 12.4 Å². The average molecular weight is 189 g/mol. The molecule has 0 spiro atoms. The van der Waals surface area contributed by atoms with Gasteiger partial charge in [-0.2, -0.15) is 10.2 Å². The van der Waals surface area contributed by atoms with Gasteiger partial charge < -0.3 is 5.73 Å². The van der Waals surface area contributed by atoms with Crippen molar-refractivity contribution in [3.8, 4) is 5.82 Å². The molecule has 5 nitrogen and oxygen atoms in total. The van der Waals surface area contributed by atoms with Crippen molar-refractivity contribution in [1.82, 2.24) is 20.0 Å². The molecule has 14 heavy (non-hydrogen) atoms. The molecule has 0 saturated heterocycles. The van der Waals surface area contributed by atoms with Crippen molar-refractivity contribution in [3.63, 3.8) is 0 Å². The predicted molar refractivity (Wildman–Crippen MR) is 51.8 cm³/mol. The Morgan fingerprint density at radius 3 is 3.00 bits per heavy atom. The maximum Gasteiger partial charge on any atom is 0.180 e. The summed E-state index contributed by atoms with van der Waals surface area (Å²) in [6, 6.07) is 1.85. The van der Waals surface area contributed by atoms with Crippen molar-refractivity contribution in [1.29, 1.82) is 0 Å². The molecule has 0 atom stereocenters. The van der Waals surface area contributed by atoms with Crippen molar-refractivity contribution >= 4 is 0 Å². The third kappa shape index (κ3) is 1.49. The highest BCUT2D eigenvalue weighted by Gasteiger charge is 2.05. The van der Waals surface area contributed by atoms with Gasteiger partial charge in [-0.1, -0.05) is 0 Å². The van der Waals surface area contributed by atoms with Gasteiger partial charge in [0, 0.05) is 18.3 Å². The molecule has 0 amide bonds. The van der Waals surface area contributed by atoms with E-state index in [2.05, 4.69) is 15.3 Å². The van der Waals surface area contributed by atoms with Crippen molar-refractivity contribution in [2.75, 3.05) is 0 Å². The van der Waals surface area contributed by atoms with Crippen LogP contribution in [-0.2, 0) is 6.54 Å². The topological polar surface area (TPSA) is 69.6 Å². The second-order valence-corrected chi connectivity index (χ2v) is 3.05. The van der Waals surface area contributed by atoms with Crippen LogP contribution >= 0.6 is 0 Å². The summed E-state index contributed by atoms with van der Waals surface area (Å²) in [5.41, 5.74) is 7.60. The number of aryl methyl sites for hydroxylation is 1. The van der Waals surface area contributed by atoms with Gasteiger partial charge in [-0.3, -0.25) is 0 Å². The van der Waals surface area contributed by atoms with E-state index in [1.807, 2.05) is 19.2 Å². The minimum atomic E-state index is 0.434. The molecule has 0 unspecified atom stereocenters. The lowest BCUT2D eigenvalue weighted by atomic mass is 10.3. The normalized spacial score (nSPS) is 10.4. The Morgan fingerprint density at radius 1 is 1.50 bits per heavy atom. The van der Waals surface area contributed by atoms with Gasteiger partial charge in [0.25, 0.3) is 0 Å². The van der Waals surface area contributed by atoms with Crippen molar-refractivity contribution in [2.24, 2.45) is 5.73 Å². The van der Waals surface area contributed by atoms with Gasteiger partial charge in [0.2, 0.25) is 0 Å². The maximum absolute atomic E-state index is 5.59. The molecule has 0 radical (unpaired) electrons. The van der Waals surface area contributed by atoms with Crippen LogP contribution < -0.4 is 5.73 Å². The Balaban J connectivity index is 2.50. The van der Waals surface area contributed by atoms with E-state index < -0.39 is 0 Å². The van der Waals surface area contributed by atoms with Crippen molar-refractivity contribution in [3.05, 3.63) is 35.8 Å². The minimum Gasteiger partial charge on any atom is -0.326 e. The van der Waals surface area contributed by atoms with Gasteiger partial charge in [0.15, 0.2) is 5.82 Å². The Hall–Kier alpha value is -1.75. The zero-order valence-electron chi connectivity index (χ0n) is 7.88. The van der Waals surface area contributed by atoms with Crippen LogP contribution in [0.1, 0.15) is 11.1 Å². The molecule has 2 aromatic rings. The lowest BCUT2D eigenvalue weighted by Gasteiger charge is -2.03. The second-order valence-electron chi connectivity index (χ2n) is 3.05. The molecule has 0 bridgehead atoms. The molecule has 0 fully saturated rings. The van der Waals surface area contributed by atoms with Crippen LogP contribution in [0, 0.1) is 6.92 Å². The highest BCUT2D eigenvalue weighted by atomic mass is 15.3. The fourth-order valence-electron chi connectivity index (χ4n) is 1.23. The standard InChI is InChI=1S/C9H11N5/c1-7-5-12-14(6-7)9-8(4-10)2-3-11-13-9/h2-3,5-6H,4,10H2,1H3. The van der Waals surface area contributed by atoms with Crippen LogP contribution in [0.25, 0.3) is 5.82 Å². The molecular weight excluding hydrogens is 178 g/mol. The van der Waals surface area contributed by atoms with Gasteiger partial charge in [-0.05, 0) is 18.6 Å².